The fourth-order valence-corrected chi connectivity index (χ4v) is 6.32. The second-order valence-corrected chi connectivity index (χ2v) is 10.5. The molecular formula is C21H20ClN5O3S2. The maximum absolute atomic E-state index is 12.9. The standard InChI is InChI=1S/C21H20ClN5O3S2/c22-16-11-18(31-19(16)15-7-4-9-24-12-15)32(29,30)26-17-8-10-27(21(17)28)13-25-20(23)14-5-2-1-3-6-14/h1-7,9,11-12,17,26H,8,10,13H2,(H2,23,25)/t17-/m0/s1. The number of hydrogen-bond donors (Lipinski definition) is 2. The summed E-state index contributed by atoms with van der Waals surface area (Å²) in [6.07, 6.45) is 3.58. The fraction of sp³-hybridized carbons (Fsp3) is 0.190. The van der Waals surface area contributed by atoms with E-state index in [4.69, 9.17) is 17.3 Å². The number of aliphatic imine (C=N–C) groups is 1. The number of amidine groups is 1. The van der Waals surface area contributed by atoms with Crippen LogP contribution in [-0.2, 0) is 14.8 Å². The van der Waals surface area contributed by atoms with E-state index in [1.807, 2.05) is 30.3 Å². The molecule has 1 amide bonds. The van der Waals surface area contributed by atoms with Crippen molar-refractivity contribution in [1.29, 1.82) is 0 Å². The highest BCUT2D eigenvalue weighted by Crippen LogP contribution is 2.38. The molecule has 1 aromatic carbocycles. The average Bonchev–Trinajstić information content (AvgIpc) is 3.36. The monoisotopic (exact) mass is 489 g/mol. The van der Waals surface area contributed by atoms with Crippen LogP contribution in [0.3, 0.4) is 0 Å². The number of likely N-dealkylation sites (tertiary alicyclic amines) is 1. The molecule has 11 heteroatoms. The number of nitrogens with one attached hydrogen (secondary N) is 1. The van der Waals surface area contributed by atoms with Crippen LogP contribution in [0, 0.1) is 0 Å². The van der Waals surface area contributed by atoms with E-state index in [2.05, 4.69) is 14.7 Å². The van der Waals surface area contributed by atoms with Crippen molar-refractivity contribution in [2.75, 3.05) is 13.2 Å². The van der Waals surface area contributed by atoms with Crippen LogP contribution in [0.25, 0.3) is 10.4 Å². The minimum Gasteiger partial charge on any atom is -0.383 e. The normalized spacial score (nSPS) is 17.2. The Hall–Kier alpha value is -2.79. The summed E-state index contributed by atoms with van der Waals surface area (Å²) in [5.74, 6) is -0.0214. The number of pyridine rings is 1. The molecule has 166 valence electrons. The number of sulfonamides is 1. The average molecular weight is 490 g/mol. The molecule has 0 spiro atoms. The lowest BCUT2D eigenvalue weighted by molar-refractivity contribution is -0.128. The van der Waals surface area contributed by atoms with Crippen LogP contribution in [0.2, 0.25) is 5.02 Å². The first-order chi connectivity index (χ1) is 15.3. The van der Waals surface area contributed by atoms with Gasteiger partial charge in [-0.25, -0.2) is 13.4 Å². The van der Waals surface area contributed by atoms with Gasteiger partial charge in [0.15, 0.2) is 0 Å². The van der Waals surface area contributed by atoms with Crippen LogP contribution >= 0.6 is 22.9 Å². The van der Waals surface area contributed by atoms with Crippen LogP contribution in [-0.4, -0.2) is 49.3 Å². The van der Waals surface area contributed by atoms with Crippen molar-refractivity contribution >= 4 is 44.7 Å². The van der Waals surface area contributed by atoms with E-state index >= 15 is 0 Å². The van der Waals surface area contributed by atoms with Crippen molar-refractivity contribution in [2.45, 2.75) is 16.7 Å². The Morgan fingerprint density at radius 1 is 1.28 bits per heavy atom. The highest BCUT2D eigenvalue weighted by molar-refractivity contribution is 7.91. The van der Waals surface area contributed by atoms with Gasteiger partial charge in [0.25, 0.3) is 10.0 Å². The van der Waals surface area contributed by atoms with Gasteiger partial charge in [-0.2, -0.15) is 4.72 Å². The Morgan fingerprint density at radius 2 is 2.06 bits per heavy atom. The van der Waals surface area contributed by atoms with Crippen LogP contribution in [0.4, 0.5) is 0 Å². The van der Waals surface area contributed by atoms with Gasteiger partial charge in [0.1, 0.15) is 22.8 Å². The number of thiophene rings is 1. The van der Waals surface area contributed by atoms with E-state index in [0.29, 0.717) is 28.7 Å². The number of carbonyl (C=O) groups is 1. The van der Waals surface area contributed by atoms with Gasteiger partial charge in [-0.3, -0.25) is 9.78 Å². The van der Waals surface area contributed by atoms with Crippen LogP contribution < -0.4 is 10.5 Å². The first-order valence-corrected chi connectivity index (χ1v) is 12.4. The molecule has 3 N–H and O–H groups in total. The molecule has 3 aromatic rings. The highest BCUT2D eigenvalue weighted by Gasteiger charge is 2.35. The number of nitrogens with two attached hydrogens (primary N) is 1. The number of aromatic nitrogens is 1. The predicted octanol–water partition coefficient (Wildman–Crippen LogP) is 2.71. The van der Waals surface area contributed by atoms with Crippen molar-refractivity contribution in [3.05, 3.63) is 71.5 Å². The summed E-state index contributed by atoms with van der Waals surface area (Å²) in [5.41, 5.74) is 7.46. The Morgan fingerprint density at radius 3 is 2.78 bits per heavy atom. The molecule has 1 fully saturated rings. The van der Waals surface area contributed by atoms with Crippen molar-refractivity contribution in [3.8, 4) is 10.4 Å². The van der Waals surface area contributed by atoms with Gasteiger partial charge in [-0.05, 0) is 18.6 Å². The first kappa shape index (κ1) is 22.4. The Bertz CT molecular complexity index is 1250. The minimum absolute atomic E-state index is 0.0407. The number of carbonyl (C=O) groups excluding carboxylic acids is 1. The van der Waals surface area contributed by atoms with Gasteiger partial charge in [0.2, 0.25) is 5.91 Å². The Balaban J connectivity index is 1.44. The molecule has 2 aromatic heterocycles. The second kappa shape index (κ2) is 9.37. The largest absolute Gasteiger partial charge is 0.383 e. The second-order valence-electron chi connectivity index (χ2n) is 7.10. The zero-order valence-electron chi connectivity index (χ0n) is 16.8. The van der Waals surface area contributed by atoms with E-state index in [1.54, 1.807) is 24.5 Å². The zero-order chi connectivity index (χ0) is 22.7. The van der Waals surface area contributed by atoms with E-state index in [0.717, 1.165) is 22.5 Å². The molecule has 8 nitrogen and oxygen atoms in total. The molecule has 1 aliphatic rings. The van der Waals surface area contributed by atoms with Gasteiger partial charge in [-0.15, -0.1) is 11.3 Å². The van der Waals surface area contributed by atoms with Crippen LogP contribution in [0.15, 0.2) is 70.1 Å². The molecular weight excluding hydrogens is 470 g/mol. The summed E-state index contributed by atoms with van der Waals surface area (Å²) in [5, 5.41) is 0.313. The molecule has 0 unspecified atom stereocenters. The molecule has 0 radical (unpaired) electrons. The first-order valence-electron chi connectivity index (χ1n) is 9.71. The van der Waals surface area contributed by atoms with Crippen LogP contribution in [0.1, 0.15) is 12.0 Å². The summed E-state index contributed by atoms with van der Waals surface area (Å²) in [6, 6.07) is 13.3. The molecule has 0 bridgehead atoms. The molecule has 0 aliphatic carbocycles. The summed E-state index contributed by atoms with van der Waals surface area (Å²) >= 11 is 7.30. The number of benzene rings is 1. The third-order valence-electron chi connectivity index (χ3n) is 4.93. The van der Waals surface area contributed by atoms with E-state index < -0.39 is 16.1 Å². The van der Waals surface area contributed by atoms with Gasteiger partial charge in [0.05, 0.1) is 9.90 Å². The molecule has 4 rings (SSSR count). The number of rotatable bonds is 7. The minimum atomic E-state index is -3.93. The molecule has 3 heterocycles. The van der Waals surface area contributed by atoms with Gasteiger partial charge >= 0.3 is 0 Å². The van der Waals surface area contributed by atoms with Gasteiger partial charge in [-0.1, -0.05) is 48.0 Å². The molecule has 32 heavy (non-hydrogen) atoms. The van der Waals surface area contributed by atoms with Gasteiger partial charge in [0, 0.05) is 30.1 Å². The topological polar surface area (TPSA) is 118 Å². The lowest BCUT2D eigenvalue weighted by atomic mass is 10.2. The van der Waals surface area contributed by atoms with E-state index in [9.17, 15) is 13.2 Å². The summed E-state index contributed by atoms with van der Waals surface area (Å²) in [6.45, 7) is 0.442. The number of nitrogens with zero attached hydrogens (tertiary/aromatic N) is 3. The lowest BCUT2D eigenvalue weighted by Crippen LogP contribution is -2.41. The quantitative estimate of drug-likeness (QED) is 0.391. The number of amides is 1. The third-order valence-corrected chi connectivity index (χ3v) is 8.47. The van der Waals surface area contributed by atoms with Crippen molar-refractivity contribution in [2.24, 2.45) is 10.7 Å². The fourth-order valence-electron chi connectivity index (χ4n) is 3.27. The summed E-state index contributed by atoms with van der Waals surface area (Å²) < 4.78 is 28.3. The van der Waals surface area contributed by atoms with Crippen molar-refractivity contribution in [3.63, 3.8) is 0 Å². The Kier molecular flexibility index (Phi) is 6.56. The van der Waals surface area contributed by atoms with E-state index in [-0.39, 0.29) is 16.8 Å². The summed E-state index contributed by atoms with van der Waals surface area (Å²) in [4.78, 5) is 23.1. The van der Waals surface area contributed by atoms with Crippen molar-refractivity contribution < 1.29 is 13.2 Å². The zero-order valence-corrected chi connectivity index (χ0v) is 19.2. The number of hydrogen-bond acceptors (Lipinski definition) is 6. The smallest absolute Gasteiger partial charge is 0.250 e. The molecule has 1 saturated heterocycles. The third kappa shape index (κ3) is 4.83. The Labute approximate surface area is 194 Å². The van der Waals surface area contributed by atoms with Crippen molar-refractivity contribution in [1.82, 2.24) is 14.6 Å². The SMILES string of the molecule is NC(=NCN1CC[C@H](NS(=O)(=O)c2cc(Cl)c(-c3cccnc3)s2)C1=O)c1ccccc1. The summed E-state index contributed by atoms with van der Waals surface area (Å²) in [7, 11) is -3.93. The van der Waals surface area contributed by atoms with Gasteiger partial charge < -0.3 is 10.6 Å². The molecule has 1 aliphatic heterocycles. The van der Waals surface area contributed by atoms with Crippen LogP contribution in [0.5, 0.6) is 0 Å². The lowest BCUT2D eigenvalue weighted by Gasteiger charge is -2.15. The predicted molar refractivity (Wildman–Crippen MR) is 125 cm³/mol. The molecule has 0 saturated carbocycles. The maximum Gasteiger partial charge on any atom is 0.250 e. The molecule has 1 atom stereocenters. The highest BCUT2D eigenvalue weighted by atomic mass is 35.5. The van der Waals surface area contributed by atoms with E-state index in [1.165, 1.54) is 11.0 Å². The maximum atomic E-state index is 12.9. The number of halogens is 1.